The molecule has 4 N–H and O–H groups in total. The highest BCUT2D eigenvalue weighted by Gasteiger charge is 2.17. The van der Waals surface area contributed by atoms with Crippen LogP contribution in [-0.2, 0) is 6.42 Å². The lowest BCUT2D eigenvalue weighted by atomic mass is 9.86. The SMILES string of the molecule is NC(N)=NC(=O)c1ccc2c(c1)C(c1ccnc(Cl)c1)=CCC2. The van der Waals surface area contributed by atoms with Crippen LogP contribution in [-0.4, -0.2) is 16.9 Å². The van der Waals surface area contributed by atoms with Crippen LogP contribution in [0.2, 0.25) is 5.15 Å². The topological polar surface area (TPSA) is 94.4 Å². The van der Waals surface area contributed by atoms with Crippen LogP contribution in [0.25, 0.3) is 5.57 Å². The van der Waals surface area contributed by atoms with Crippen LogP contribution >= 0.6 is 11.6 Å². The third-order valence-corrected chi connectivity index (χ3v) is 3.88. The summed E-state index contributed by atoms with van der Waals surface area (Å²) < 4.78 is 0. The van der Waals surface area contributed by atoms with Gasteiger partial charge < -0.3 is 11.5 Å². The lowest BCUT2D eigenvalue weighted by molar-refractivity contribution is 0.100. The Morgan fingerprint density at radius 3 is 2.78 bits per heavy atom. The molecule has 2 aromatic rings. The van der Waals surface area contributed by atoms with Gasteiger partial charge in [-0.2, -0.15) is 4.99 Å². The summed E-state index contributed by atoms with van der Waals surface area (Å²) in [6, 6.07) is 9.23. The zero-order valence-electron chi connectivity index (χ0n) is 12.3. The number of halogens is 1. The zero-order valence-corrected chi connectivity index (χ0v) is 13.0. The monoisotopic (exact) mass is 326 g/mol. The number of aromatic nitrogens is 1. The number of benzene rings is 1. The van der Waals surface area contributed by atoms with E-state index >= 15 is 0 Å². The van der Waals surface area contributed by atoms with Gasteiger partial charge in [0.1, 0.15) is 5.15 Å². The Morgan fingerprint density at radius 2 is 2.04 bits per heavy atom. The van der Waals surface area contributed by atoms with Crippen LogP contribution in [0.1, 0.15) is 33.5 Å². The zero-order chi connectivity index (χ0) is 16.4. The van der Waals surface area contributed by atoms with Crippen LogP contribution in [0.3, 0.4) is 0 Å². The molecule has 3 rings (SSSR count). The fraction of sp³-hybridized carbons (Fsp3) is 0.118. The Kier molecular flexibility index (Phi) is 4.12. The molecule has 1 aromatic heterocycles. The molecular weight excluding hydrogens is 312 g/mol. The Bertz CT molecular complexity index is 838. The summed E-state index contributed by atoms with van der Waals surface area (Å²) in [5.74, 6) is -0.699. The number of rotatable bonds is 2. The molecule has 0 unspecified atom stereocenters. The first kappa shape index (κ1) is 15.2. The second-order valence-electron chi connectivity index (χ2n) is 5.24. The Labute approximate surface area is 138 Å². The van der Waals surface area contributed by atoms with Crippen molar-refractivity contribution in [1.82, 2.24) is 4.98 Å². The number of carbonyl (C=O) groups is 1. The predicted octanol–water partition coefficient (Wildman–Crippen LogP) is 2.53. The molecule has 0 bridgehead atoms. The number of aryl methyl sites for hydroxylation is 1. The largest absolute Gasteiger partial charge is 0.370 e. The number of allylic oxidation sites excluding steroid dienone is 1. The summed E-state index contributed by atoms with van der Waals surface area (Å²) in [5.41, 5.74) is 15.2. The van der Waals surface area contributed by atoms with Gasteiger partial charge in [0.2, 0.25) is 0 Å². The number of aliphatic imine (C=N–C) groups is 1. The molecular formula is C17H15ClN4O. The van der Waals surface area contributed by atoms with E-state index in [0.29, 0.717) is 10.7 Å². The van der Waals surface area contributed by atoms with E-state index < -0.39 is 5.91 Å². The number of amides is 1. The van der Waals surface area contributed by atoms with E-state index in [-0.39, 0.29) is 5.96 Å². The van der Waals surface area contributed by atoms with E-state index in [2.05, 4.69) is 16.1 Å². The molecule has 1 amide bonds. The van der Waals surface area contributed by atoms with Crippen molar-refractivity contribution in [1.29, 1.82) is 0 Å². The highest BCUT2D eigenvalue weighted by Crippen LogP contribution is 2.33. The van der Waals surface area contributed by atoms with E-state index in [9.17, 15) is 4.79 Å². The first-order chi connectivity index (χ1) is 11.0. The van der Waals surface area contributed by atoms with E-state index in [4.69, 9.17) is 23.1 Å². The van der Waals surface area contributed by atoms with Crippen molar-refractivity contribution in [2.45, 2.75) is 12.8 Å². The predicted molar refractivity (Wildman–Crippen MR) is 91.2 cm³/mol. The molecule has 0 fully saturated rings. The fourth-order valence-electron chi connectivity index (χ4n) is 2.69. The third-order valence-electron chi connectivity index (χ3n) is 3.68. The van der Waals surface area contributed by atoms with Gasteiger partial charge in [-0.15, -0.1) is 0 Å². The molecule has 0 atom stereocenters. The second kappa shape index (κ2) is 6.22. The smallest absolute Gasteiger partial charge is 0.280 e. The number of guanidine groups is 1. The molecule has 116 valence electrons. The summed E-state index contributed by atoms with van der Waals surface area (Å²) in [7, 11) is 0. The molecule has 0 saturated heterocycles. The third kappa shape index (κ3) is 3.24. The van der Waals surface area contributed by atoms with Crippen molar-refractivity contribution >= 4 is 29.0 Å². The number of hydrogen-bond acceptors (Lipinski definition) is 2. The molecule has 1 heterocycles. The maximum atomic E-state index is 12.0. The Balaban J connectivity index is 2.07. The fourth-order valence-corrected chi connectivity index (χ4v) is 2.86. The van der Waals surface area contributed by atoms with Crippen molar-refractivity contribution in [2.24, 2.45) is 16.5 Å². The summed E-state index contributed by atoms with van der Waals surface area (Å²) in [6.45, 7) is 0. The van der Waals surface area contributed by atoms with E-state index in [0.717, 1.165) is 29.5 Å². The van der Waals surface area contributed by atoms with Crippen molar-refractivity contribution in [3.8, 4) is 0 Å². The van der Waals surface area contributed by atoms with Gasteiger partial charge in [-0.3, -0.25) is 4.79 Å². The molecule has 6 heteroatoms. The average Bonchev–Trinajstić information content (AvgIpc) is 2.53. The summed E-state index contributed by atoms with van der Waals surface area (Å²) in [5, 5.41) is 0.434. The molecule has 23 heavy (non-hydrogen) atoms. The van der Waals surface area contributed by atoms with E-state index in [1.807, 2.05) is 24.3 Å². The highest BCUT2D eigenvalue weighted by molar-refractivity contribution is 6.29. The molecule has 1 aliphatic carbocycles. The van der Waals surface area contributed by atoms with Gasteiger partial charge in [-0.1, -0.05) is 23.7 Å². The minimum Gasteiger partial charge on any atom is -0.370 e. The van der Waals surface area contributed by atoms with Crippen LogP contribution in [0.5, 0.6) is 0 Å². The van der Waals surface area contributed by atoms with Gasteiger partial charge in [0.25, 0.3) is 5.91 Å². The lowest BCUT2D eigenvalue weighted by Crippen LogP contribution is -2.24. The summed E-state index contributed by atoms with van der Waals surface area (Å²) in [4.78, 5) is 19.6. The maximum Gasteiger partial charge on any atom is 0.280 e. The van der Waals surface area contributed by atoms with Gasteiger partial charge in [-0.05, 0) is 59.4 Å². The average molecular weight is 327 g/mol. The van der Waals surface area contributed by atoms with E-state index in [1.165, 1.54) is 5.56 Å². The first-order valence-corrected chi connectivity index (χ1v) is 7.52. The minimum atomic E-state index is -0.453. The minimum absolute atomic E-state index is 0.246. The molecule has 1 aromatic carbocycles. The molecule has 0 spiro atoms. The van der Waals surface area contributed by atoms with Crippen LogP contribution in [0.4, 0.5) is 0 Å². The van der Waals surface area contributed by atoms with Crippen LogP contribution in [0, 0.1) is 0 Å². The van der Waals surface area contributed by atoms with Crippen molar-refractivity contribution in [2.75, 3.05) is 0 Å². The summed E-state index contributed by atoms with van der Waals surface area (Å²) in [6.07, 6.45) is 5.67. The molecule has 1 aliphatic rings. The molecule has 5 nitrogen and oxygen atoms in total. The number of carbonyl (C=O) groups excluding carboxylic acids is 1. The first-order valence-electron chi connectivity index (χ1n) is 7.14. The van der Waals surface area contributed by atoms with Crippen molar-refractivity contribution in [3.05, 3.63) is 70.0 Å². The van der Waals surface area contributed by atoms with Crippen molar-refractivity contribution in [3.63, 3.8) is 0 Å². The van der Waals surface area contributed by atoms with Crippen LogP contribution < -0.4 is 11.5 Å². The number of fused-ring (bicyclic) bond motifs is 1. The van der Waals surface area contributed by atoms with Gasteiger partial charge in [0.15, 0.2) is 5.96 Å². The molecule has 0 saturated carbocycles. The normalized spacial score (nSPS) is 13.0. The molecule has 0 aliphatic heterocycles. The lowest BCUT2D eigenvalue weighted by Gasteiger charge is -2.19. The maximum absolute atomic E-state index is 12.0. The quantitative estimate of drug-likeness (QED) is 0.503. The number of hydrogen-bond donors (Lipinski definition) is 2. The molecule has 0 radical (unpaired) electrons. The Morgan fingerprint density at radius 1 is 1.22 bits per heavy atom. The van der Waals surface area contributed by atoms with Crippen LogP contribution in [0.15, 0.2) is 47.6 Å². The summed E-state index contributed by atoms with van der Waals surface area (Å²) >= 11 is 5.99. The van der Waals surface area contributed by atoms with Crippen molar-refractivity contribution < 1.29 is 4.79 Å². The van der Waals surface area contributed by atoms with Gasteiger partial charge in [0.05, 0.1) is 0 Å². The number of nitrogens with zero attached hydrogens (tertiary/aromatic N) is 2. The van der Waals surface area contributed by atoms with E-state index in [1.54, 1.807) is 12.3 Å². The highest BCUT2D eigenvalue weighted by atomic mass is 35.5. The van der Waals surface area contributed by atoms with Gasteiger partial charge in [-0.25, -0.2) is 4.98 Å². The standard InChI is InChI=1S/C17H15ClN4O/c18-15-9-11(6-7-21-15)13-3-1-2-10-4-5-12(8-14(10)13)16(23)22-17(19)20/h3-9H,1-2H2,(H4,19,20,22,23). The Hall–Kier alpha value is -2.66. The number of pyridine rings is 1. The van der Waals surface area contributed by atoms with Gasteiger partial charge >= 0.3 is 0 Å². The number of nitrogens with two attached hydrogens (primary N) is 2. The second-order valence-corrected chi connectivity index (χ2v) is 5.62. The van der Waals surface area contributed by atoms with Gasteiger partial charge in [0, 0.05) is 11.8 Å².